The molecule has 0 spiro atoms. The quantitative estimate of drug-likeness (QED) is 0.793. The molecule has 1 heterocycles. The van der Waals surface area contributed by atoms with Crippen molar-refractivity contribution in [1.82, 2.24) is 9.88 Å². The van der Waals surface area contributed by atoms with E-state index in [9.17, 15) is 5.11 Å². The van der Waals surface area contributed by atoms with Crippen molar-refractivity contribution in [1.29, 1.82) is 0 Å². The molecular formula is C10H19ClN2O2S. The molecule has 0 saturated carbocycles. The number of aryl methyl sites for hydroxylation is 1. The minimum atomic E-state index is -0.592. The standard InChI is InChI=1S/C10H18N2O2S.ClH/c1-8-7-15-10(11-8)9(13)6-14-5-4-12(2)3;/h7,9,13H,4-6H2,1-3H3;1H. The first kappa shape index (κ1) is 15.8. The van der Waals surface area contributed by atoms with Crippen molar-refractivity contribution in [2.45, 2.75) is 13.0 Å². The number of thiazole rings is 1. The third-order valence-corrected chi connectivity index (χ3v) is 2.94. The second-order valence-electron chi connectivity index (χ2n) is 3.72. The second kappa shape index (κ2) is 7.97. The van der Waals surface area contributed by atoms with Crippen molar-refractivity contribution in [2.24, 2.45) is 0 Å². The Bertz CT molecular complexity index is 294. The Labute approximate surface area is 107 Å². The minimum absolute atomic E-state index is 0. The molecule has 1 N–H and O–H groups in total. The van der Waals surface area contributed by atoms with Gasteiger partial charge in [0.2, 0.25) is 0 Å². The van der Waals surface area contributed by atoms with Gasteiger partial charge in [-0.05, 0) is 21.0 Å². The average Bonchev–Trinajstić information content (AvgIpc) is 2.59. The van der Waals surface area contributed by atoms with Gasteiger partial charge >= 0.3 is 0 Å². The van der Waals surface area contributed by atoms with E-state index in [-0.39, 0.29) is 12.4 Å². The minimum Gasteiger partial charge on any atom is -0.383 e. The first-order valence-electron chi connectivity index (χ1n) is 4.92. The van der Waals surface area contributed by atoms with Crippen LogP contribution in [0, 0.1) is 6.92 Å². The normalized spacial score (nSPS) is 12.6. The SMILES string of the molecule is Cc1csc(C(O)COCCN(C)C)n1.Cl. The van der Waals surface area contributed by atoms with Crippen LogP contribution in [-0.2, 0) is 4.74 Å². The van der Waals surface area contributed by atoms with E-state index in [4.69, 9.17) is 4.74 Å². The highest BCUT2D eigenvalue weighted by molar-refractivity contribution is 7.09. The molecule has 1 atom stereocenters. The predicted octanol–water partition coefficient (Wildman–Crippen LogP) is 1.48. The molecule has 0 aliphatic rings. The van der Waals surface area contributed by atoms with Crippen LogP contribution < -0.4 is 0 Å². The van der Waals surface area contributed by atoms with Gasteiger partial charge in [0.05, 0.1) is 13.2 Å². The van der Waals surface area contributed by atoms with Crippen LogP contribution >= 0.6 is 23.7 Å². The topological polar surface area (TPSA) is 45.6 Å². The van der Waals surface area contributed by atoms with Crippen molar-refractivity contribution in [3.05, 3.63) is 16.1 Å². The van der Waals surface area contributed by atoms with Crippen molar-refractivity contribution in [3.63, 3.8) is 0 Å². The number of aliphatic hydroxyl groups is 1. The van der Waals surface area contributed by atoms with Crippen LogP contribution in [0.15, 0.2) is 5.38 Å². The van der Waals surface area contributed by atoms with E-state index in [1.807, 2.05) is 31.3 Å². The van der Waals surface area contributed by atoms with Crippen LogP contribution in [0.2, 0.25) is 0 Å². The lowest BCUT2D eigenvalue weighted by atomic mass is 10.4. The molecule has 94 valence electrons. The number of hydrogen-bond acceptors (Lipinski definition) is 5. The molecule has 16 heavy (non-hydrogen) atoms. The van der Waals surface area contributed by atoms with Crippen LogP contribution in [-0.4, -0.2) is 48.8 Å². The lowest BCUT2D eigenvalue weighted by Gasteiger charge is -2.11. The summed E-state index contributed by atoms with van der Waals surface area (Å²) in [6.07, 6.45) is -0.592. The van der Waals surface area contributed by atoms with E-state index >= 15 is 0 Å². The van der Waals surface area contributed by atoms with Crippen molar-refractivity contribution >= 4 is 23.7 Å². The van der Waals surface area contributed by atoms with E-state index in [0.717, 1.165) is 17.2 Å². The third-order valence-electron chi connectivity index (χ3n) is 1.88. The van der Waals surface area contributed by atoms with Gasteiger partial charge in [0, 0.05) is 17.6 Å². The number of ether oxygens (including phenoxy) is 1. The summed E-state index contributed by atoms with van der Waals surface area (Å²) in [5.74, 6) is 0. The van der Waals surface area contributed by atoms with Gasteiger partial charge in [0.25, 0.3) is 0 Å². The van der Waals surface area contributed by atoms with E-state index in [1.54, 1.807) is 0 Å². The zero-order valence-corrected chi connectivity index (χ0v) is 11.5. The van der Waals surface area contributed by atoms with E-state index in [2.05, 4.69) is 4.98 Å². The fraction of sp³-hybridized carbons (Fsp3) is 0.700. The van der Waals surface area contributed by atoms with Crippen molar-refractivity contribution in [2.75, 3.05) is 33.9 Å². The lowest BCUT2D eigenvalue weighted by Crippen LogP contribution is -2.19. The average molecular weight is 267 g/mol. The maximum atomic E-state index is 9.71. The number of hydrogen-bond donors (Lipinski definition) is 1. The van der Waals surface area contributed by atoms with Crippen LogP contribution in [0.3, 0.4) is 0 Å². The Morgan fingerprint density at radius 3 is 2.75 bits per heavy atom. The van der Waals surface area contributed by atoms with Gasteiger partial charge in [0.1, 0.15) is 11.1 Å². The molecule has 0 amide bonds. The number of aliphatic hydroxyl groups excluding tert-OH is 1. The van der Waals surface area contributed by atoms with Crippen molar-refractivity contribution < 1.29 is 9.84 Å². The molecule has 0 saturated heterocycles. The number of nitrogens with zero attached hydrogens (tertiary/aromatic N) is 2. The van der Waals surface area contributed by atoms with Gasteiger partial charge in [-0.3, -0.25) is 0 Å². The summed E-state index contributed by atoms with van der Waals surface area (Å²) in [7, 11) is 3.98. The molecule has 1 unspecified atom stereocenters. The van der Waals surface area contributed by atoms with Gasteiger partial charge in [-0.1, -0.05) is 0 Å². The fourth-order valence-electron chi connectivity index (χ4n) is 1.04. The molecular weight excluding hydrogens is 248 g/mol. The molecule has 1 aromatic heterocycles. The van der Waals surface area contributed by atoms with E-state index in [1.165, 1.54) is 11.3 Å². The highest BCUT2D eigenvalue weighted by atomic mass is 35.5. The van der Waals surface area contributed by atoms with Crippen LogP contribution in [0.25, 0.3) is 0 Å². The van der Waals surface area contributed by atoms with Crippen LogP contribution in [0.4, 0.5) is 0 Å². The predicted molar refractivity (Wildman–Crippen MR) is 68.4 cm³/mol. The summed E-state index contributed by atoms with van der Waals surface area (Å²) >= 11 is 1.47. The third kappa shape index (κ3) is 5.77. The maximum absolute atomic E-state index is 9.71. The molecule has 0 bridgehead atoms. The van der Waals surface area contributed by atoms with Gasteiger partial charge in [-0.25, -0.2) is 4.98 Å². The number of aromatic nitrogens is 1. The molecule has 1 aromatic rings. The smallest absolute Gasteiger partial charge is 0.129 e. The largest absolute Gasteiger partial charge is 0.383 e. The Morgan fingerprint density at radius 2 is 2.25 bits per heavy atom. The highest BCUT2D eigenvalue weighted by Crippen LogP contribution is 2.17. The fourth-order valence-corrected chi connectivity index (χ4v) is 1.80. The molecule has 4 nitrogen and oxygen atoms in total. The molecule has 0 aromatic carbocycles. The first-order valence-corrected chi connectivity index (χ1v) is 5.80. The monoisotopic (exact) mass is 266 g/mol. The lowest BCUT2D eigenvalue weighted by molar-refractivity contribution is 0.0305. The maximum Gasteiger partial charge on any atom is 0.129 e. The van der Waals surface area contributed by atoms with Gasteiger partial charge < -0.3 is 14.7 Å². The van der Waals surface area contributed by atoms with Crippen LogP contribution in [0.1, 0.15) is 16.8 Å². The Kier molecular flexibility index (Phi) is 7.87. The second-order valence-corrected chi connectivity index (χ2v) is 4.61. The number of halogens is 1. The van der Waals surface area contributed by atoms with Gasteiger partial charge in [-0.15, -0.1) is 23.7 Å². The Balaban J connectivity index is 0.00000225. The summed E-state index contributed by atoms with van der Waals surface area (Å²) < 4.78 is 5.34. The summed E-state index contributed by atoms with van der Waals surface area (Å²) in [6.45, 7) is 3.73. The Hall–Kier alpha value is -0.200. The van der Waals surface area contributed by atoms with Gasteiger partial charge in [-0.2, -0.15) is 0 Å². The first-order chi connectivity index (χ1) is 7.09. The van der Waals surface area contributed by atoms with Crippen LogP contribution in [0.5, 0.6) is 0 Å². The summed E-state index contributed by atoms with van der Waals surface area (Å²) in [5.41, 5.74) is 0.947. The number of rotatable bonds is 6. The molecule has 0 aliphatic carbocycles. The molecule has 0 radical (unpaired) electrons. The highest BCUT2D eigenvalue weighted by Gasteiger charge is 2.11. The summed E-state index contributed by atoms with van der Waals surface area (Å²) in [4.78, 5) is 6.24. The zero-order valence-electron chi connectivity index (χ0n) is 9.84. The summed E-state index contributed by atoms with van der Waals surface area (Å²) in [6, 6.07) is 0. The molecule has 0 aliphatic heterocycles. The Morgan fingerprint density at radius 1 is 1.56 bits per heavy atom. The number of likely N-dealkylation sites (N-methyl/N-ethyl adjacent to an activating group) is 1. The van der Waals surface area contributed by atoms with Crippen molar-refractivity contribution in [3.8, 4) is 0 Å². The van der Waals surface area contributed by atoms with Gasteiger partial charge in [0.15, 0.2) is 0 Å². The molecule has 1 rings (SSSR count). The summed E-state index contributed by atoms with van der Waals surface area (Å²) in [5, 5.41) is 12.4. The zero-order chi connectivity index (χ0) is 11.3. The van der Waals surface area contributed by atoms with E-state index in [0.29, 0.717) is 13.2 Å². The van der Waals surface area contributed by atoms with E-state index < -0.39 is 6.10 Å². The molecule has 6 heteroatoms. The molecule has 0 fully saturated rings.